The summed E-state index contributed by atoms with van der Waals surface area (Å²) in [6, 6.07) is 33.3. The maximum atomic E-state index is 13.8. The Morgan fingerprint density at radius 2 is 1.51 bits per heavy atom. The summed E-state index contributed by atoms with van der Waals surface area (Å²) in [6.45, 7) is 4.30. The number of rotatable bonds is 7. The lowest BCUT2D eigenvalue weighted by Crippen LogP contribution is -2.49. The monoisotopic (exact) mass is 603 g/mol. The smallest absolute Gasteiger partial charge is 0.325 e. The van der Waals surface area contributed by atoms with Crippen molar-refractivity contribution in [2.75, 3.05) is 15.5 Å². The number of nitrogens with one attached hydrogen (secondary N) is 2. The van der Waals surface area contributed by atoms with Gasteiger partial charge in [0.25, 0.3) is 0 Å². The standard InChI is InChI=1S/C36H33N3O2S2/c1-24(2)25-19-21-27(22-20-25)37-35(40)34(26-11-4-3-5-12-26)42-29-14-10-13-28(23-29)38-36(41)39-30-15-6-8-17-32(30)43-33-18-9-7-16-31(33)39/h3-24,30,32,34H,1-2H3,(H,37,40)(H,38,41). The molecule has 2 N–H and O–H groups in total. The summed E-state index contributed by atoms with van der Waals surface area (Å²) in [5.74, 6) is 0.319. The SMILES string of the molecule is CC(C)c1ccc(NC(=O)C(Sc2cccc(NC(=O)N3c4ccccc4SC4C=CC=CC43)c2)c2ccccc2)cc1. The number of hydrogen-bond acceptors (Lipinski definition) is 4. The van der Waals surface area contributed by atoms with Crippen LogP contribution in [0.3, 0.4) is 0 Å². The second-order valence-corrected chi connectivity index (χ2v) is 13.2. The van der Waals surface area contributed by atoms with E-state index in [0.29, 0.717) is 11.6 Å². The Labute approximate surface area is 261 Å². The molecule has 1 aliphatic carbocycles. The van der Waals surface area contributed by atoms with Crippen LogP contribution in [0.1, 0.15) is 36.1 Å². The van der Waals surface area contributed by atoms with Gasteiger partial charge in [-0.15, -0.1) is 23.5 Å². The summed E-state index contributed by atoms with van der Waals surface area (Å²) in [7, 11) is 0. The molecule has 4 aromatic rings. The number of carbonyl (C=O) groups excluding carboxylic acids is 2. The second-order valence-electron chi connectivity index (χ2n) is 10.8. The van der Waals surface area contributed by atoms with E-state index in [1.54, 1.807) is 11.8 Å². The average molecular weight is 604 g/mol. The van der Waals surface area contributed by atoms with Gasteiger partial charge in [0.05, 0.1) is 17.0 Å². The van der Waals surface area contributed by atoms with E-state index in [9.17, 15) is 9.59 Å². The molecule has 0 bridgehead atoms. The van der Waals surface area contributed by atoms with Gasteiger partial charge in [0.15, 0.2) is 0 Å². The molecule has 0 spiro atoms. The highest BCUT2D eigenvalue weighted by Gasteiger charge is 2.36. The molecule has 0 saturated carbocycles. The van der Waals surface area contributed by atoms with E-state index >= 15 is 0 Å². The fourth-order valence-electron chi connectivity index (χ4n) is 5.25. The zero-order valence-electron chi connectivity index (χ0n) is 24.0. The molecule has 0 fully saturated rings. The van der Waals surface area contributed by atoms with Crippen LogP contribution in [0.15, 0.2) is 137 Å². The number of nitrogens with zero attached hydrogens (tertiary/aromatic N) is 1. The van der Waals surface area contributed by atoms with Crippen molar-refractivity contribution in [2.45, 2.75) is 46.1 Å². The van der Waals surface area contributed by atoms with Crippen LogP contribution in [-0.2, 0) is 4.79 Å². The molecule has 3 unspecified atom stereocenters. The minimum Gasteiger partial charge on any atom is -0.325 e. The molecule has 0 aromatic heterocycles. The van der Waals surface area contributed by atoms with Crippen molar-refractivity contribution >= 4 is 52.5 Å². The first kappa shape index (κ1) is 28.9. The van der Waals surface area contributed by atoms with Crippen molar-refractivity contribution in [1.82, 2.24) is 0 Å². The highest BCUT2D eigenvalue weighted by Crippen LogP contribution is 2.44. The van der Waals surface area contributed by atoms with Gasteiger partial charge in [0.2, 0.25) is 5.91 Å². The summed E-state index contributed by atoms with van der Waals surface area (Å²) in [4.78, 5) is 31.2. The van der Waals surface area contributed by atoms with Gasteiger partial charge in [-0.3, -0.25) is 9.69 Å². The fraction of sp³-hybridized carbons (Fsp3) is 0.167. The van der Waals surface area contributed by atoms with E-state index in [0.717, 1.165) is 26.7 Å². The summed E-state index contributed by atoms with van der Waals surface area (Å²) in [5.41, 5.74) is 4.47. The zero-order valence-corrected chi connectivity index (χ0v) is 25.6. The first-order chi connectivity index (χ1) is 21.0. The van der Waals surface area contributed by atoms with Crippen molar-refractivity contribution in [3.05, 3.63) is 139 Å². The van der Waals surface area contributed by atoms with Gasteiger partial charge < -0.3 is 10.6 Å². The van der Waals surface area contributed by atoms with Crippen LogP contribution in [0.2, 0.25) is 0 Å². The second kappa shape index (κ2) is 13.0. The van der Waals surface area contributed by atoms with Gasteiger partial charge in [-0.05, 0) is 59.5 Å². The Balaban J connectivity index is 1.22. The number of carbonyl (C=O) groups is 2. The Kier molecular flexibility index (Phi) is 8.72. The number of hydrogen-bond donors (Lipinski definition) is 2. The van der Waals surface area contributed by atoms with Crippen molar-refractivity contribution in [3.8, 4) is 0 Å². The maximum absolute atomic E-state index is 13.8. The van der Waals surface area contributed by atoms with Crippen LogP contribution in [0.25, 0.3) is 0 Å². The number of benzene rings is 4. The first-order valence-corrected chi connectivity index (χ1v) is 16.2. The molecule has 1 aliphatic heterocycles. The third kappa shape index (κ3) is 6.58. The van der Waals surface area contributed by atoms with Gasteiger partial charge in [-0.2, -0.15) is 0 Å². The minimum atomic E-state index is -0.483. The Morgan fingerprint density at radius 3 is 2.30 bits per heavy atom. The molecule has 0 saturated heterocycles. The fourth-order valence-corrected chi connectivity index (χ4v) is 7.59. The third-order valence-electron chi connectivity index (χ3n) is 7.49. The normalized spacial score (nSPS) is 17.6. The van der Waals surface area contributed by atoms with E-state index < -0.39 is 5.25 Å². The molecule has 3 atom stereocenters. The molecule has 2 aliphatic rings. The van der Waals surface area contributed by atoms with Crippen LogP contribution >= 0.6 is 23.5 Å². The Hall–Kier alpha value is -4.20. The number of thioether (sulfide) groups is 2. The molecule has 216 valence electrons. The summed E-state index contributed by atoms with van der Waals surface area (Å²) in [6.07, 6.45) is 8.27. The van der Waals surface area contributed by atoms with Crippen molar-refractivity contribution in [2.24, 2.45) is 0 Å². The molecule has 4 aromatic carbocycles. The van der Waals surface area contributed by atoms with Crippen molar-refractivity contribution < 1.29 is 9.59 Å². The first-order valence-electron chi connectivity index (χ1n) is 14.4. The Bertz CT molecular complexity index is 1670. The molecule has 3 amide bonds. The summed E-state index contributed by atoms with van der Waals surface area (Å²) >= 11 is 3.24. The van der Waals surface area contributed by atoms with Crippen LogP contribution in [0.4, 0.5) is 21.9 Å². The average Bonchev–Trinajstić information content (AvgIpc) is 3.03. The van der Waals surface area contributed by atoms with E-state index in [1.165, 1.54) is 17.3 Å². The molecule has 7 heteroatoms. The van der Waals surface area contributed by atoms with Crippen LogP contribution in [-0.4, -0.2) is 23.2 Å². The van der Waals surface area contributed by atoms with Crippen LogP contribution in [0.5, 0.6) is 0 Å². The minimum absolute atomic E-state index is 0.0804. The van der Waals surface area contributed by atoms with E-state index in [2.05, 4.69) is 54.8 Å². The molecule has 6 rings (SSSR count). The topological polar surface area (TPSA) is 61.4 Å². The molecular formula is C36H33N3O2S2. The molecule has 0 radical (unpaired) electrons. The zero-order chi connectivity index (χ0) is 29.8. The molecular weight excluding hydrogens is 571 g/mol. The predicted molar refractivity (Wildman–Crippen MR) is 180 cm³/mol. The van der Waals surface area contributed by atoms with Crippen molar-refractivity contribution in [3.63, 3.8) is 0 Å². The van der Waals surface area contributed by atoms with Gasteiger partial charge in [-0.1, -0.05) is 98.8 Å². The largest absolute Gasteiger partial charge is 0.326 e. The number of anilines is 3. The predicted octanol–water partition coefficient (Wildman–Crippen LogP) is 9.29. The van der Waals surface area contributed by atoms with Gasteiger partial charge in [-0.25, -0.2) is 4.79 Å². The summed E-state index contributed by atoms with van der Waals surface area (Å²) < 4.78 is 0. The number of allylic oxidation sites excluding steroid dienone is 2. The van der Waals surface area contributed by atoms with Gasteiger partial charge >= 0.3 is 6.03 Å². The van der Waals surface area contributed by atoms with Gasteiger partial charge in [0.1, 0.15) is 5.25 Å². The molecule has 1 heterocycles. The quantitative estimate of drug-likeness (QED) is 0.207. The molecule has 43 heavy (non-hydrogen) atoms. The van der Waals surface area contributed by atoms with Crippen LogP contribution in [0, 0.1) is 0 Å². The maximum Gasteiger partial charge on any atom is 0.326 e. The number of para-hydroxylation sites is 1. The lowest BCUT2D eigenvalue weighted by atomic mass is 10.0. The third-order valence-corrected chi connectivity index (χ3v) is 10.0. The highest BCUT2D eigenvalue weighted by atomic mass is 32.2. The number of urea groups is 1. The number of amides is 3. The molecule has 5 nitrogen and oxygen atoms in total. The van der Waals surface area contributed by atoms with Crippen LogP contribution < -0.4 is 15.5 Å². The lowest BCUT2D eigenvalue weighted by Gasteiger charge is -2.40. The lowest BCUT2D eigenvalue weighted by molar-refractivity contribution is -0.115. The van der Waals surface area contributed by atoms with E-state index in [-0.39, 0.29) is 23.2 Å². The van der Waals surface area contributed by atoms with Crippen molar-refractivity contribution in [1.29, 1.82) is 0 Å². The number of fused-ring (bicyclic) bond motifs is 2. The van der Waals surface area contributed by atoms with Gasteiger partial charge in [0, 0.05) is 21.2 Å². The summed E-state index contributed by atoms with van der Waals surface area (Å²) in [5, 5.41) is 5.90. The van der Waals surface area contributed by atoms with E-state index in [1.807, 2.05) is 102 Å². The highest BCUT2D eigenvalue weighted by molar-refractivity contribution is 8.00. The van der Waals surface area contributed by atoms with E-state index in [4.69, 9.17) is 0 Å². The Morgan fingerprint density at radius 1 is 0.767 bits per heavy atom.